The Hall–Kier alpha value is -1.83. The van der Waals surface area contributed by atoms with Crippen LogP contribution in [0.3, 0.4) is 0 Å². The summed E-state index contributed by atoms with van der Waals surface area (Å²) in [6.07, 6.45) is 10.1. The molecule has 0 aliphatic heterocycles. The molecule has 0 spiro atoms. The number of rotatable bonds is 6. The van der Waals surface area contributed by atoms with Crippen LogP contribution in [0.25, 0.3) is 0 Å². The molecular formula is C16H21NO. The van der Waals surface area contributed by atoms with Crippen molar-refractivity contribution in [3.63, 3.8) is 0 Å². The van der Waals surface area contributed by atoms with Crippen molar-refractivity contribution >= 4 is 5.91 Å². The number of carbonyl (C=O) groups is 1. The Labute approximate surface area is 109 Å². The first-order valence-corrected chi connectivity index (χ1v) is 6.37. The molecule has 1 rings (SSSR count). The summed E-state index contributed by atoms with van der Waals surface area (Å²) in [6.45, 7) is 4.03. The van der Waals surface area contributed by atoms with Gasteiger partial charge in [0.05, 0.1) is 0 Å². The van der Waals surface area contributed by atoms with E-state index in [1.54, 1.807) is 0 Å². The van der Waals surface area contributed by atoms with E-state index in [-0.39, 0.29) is 11.9 Å². The first kappa shape index (κ1) is 14.2. The minimum Gasteiger partial charge on any atom is -0.350 e. The normalized spacial score (nSPS) is 13.0. The van der Waals surface area contributed by atoms with Crippen molar-refractivity contribution in [2.24, 2.45) is 0 Å². The molecule has 1 aromatic carbocycles. The van der Waals surface area contributed by atoms with Crippen LogP contribution in [-0.2, 0) is 0 Å². The Bertz CT molecular complexity index is 406. The van der Waals surface area contributed by atoms with E-state index >= 15 is 0 Å². The molecule has 0 saturated heterocycles. The number of nitrogens with one attached hydrogen (secondary N) is 1. The summed E-state index contributed by atoms with van der Waals surface area (Å²) in [4.78, 5) is 11.8. The number of carbonyl (C=O) groups excluding carboxylic acids is 1. The van der Waals surface area contributed by atoms with E-state index < -0.39 is 0 Å². The number of benzene rings is 1. The molecule has 1 atom stereocenters. The monoisotopic (exact) mass is 243 g/mol. The molecule has 1 N–H and O–H groups in total. The van der Waals surface area contributed by atoms with Gasteiger partial charge in [-0.05, 0) is 38.8 Å². The molecule has 0 radical (unpaired) electrons. The van der Waals surface area contributed by atoms with Crippen molar-refractivity contribution in [3.05, 3.63) is 60.2 Å². The summed E-state index contributed by atoms with van der Waals surface area (Å²) in [5.74, 6) is 0.000494. The molecule has 0 aromatic heterocycles. The smallest absolute Gasteiger partial charge is 0.251 e. The van der Waals surface area contributed by atoms with Gasteiger partial charge in [-0.1, -0.05) is 42.5 Å². The van der Waals surface area contributed by atoms with Crippen molar-refractivity contribution in [2.45, 2.75) is 32.7 Å². The predicted molar refractivity (Wildman–Crippen MR) is 76.6 cm³/mol. The van der Waals surface area contributed by atoms with Crippen LogP contribution < -0.4 is 5.32 Å². The number of hydrogen-bond donors (Lipinski definition) is 1. The number of hydrogen-bond acceptors (Lipinski definition) is 1. The van der Waals surface area contributed by atoms with Crippen LogP contribution in [0, 0.1) is 0 Å². The molecule has 0 heterocycles. The highest BCUT2D eigenvalue weighted by Crippen LogP contribution is 2.02. The summed E-state index contributed by atoms with van der Waals surface area (Å²) in [6, 6.07) is 9.50. The van der Waals surface area contributed by atoms with Gasteiger partial charge in [-0.15, -0.1) is 0 Å². The zero-order valence-corrected chi connectivity index (χ0v) is 11.1. The van der Waals surface area contributed by atoms with Crippen molar-refractivity contribution < 1.29 is 4.79 Å². The standard InChI is InChI=1S/C16H21NO/c1-3-4-5-6-8-11-14(2)17-16(18)15-12-9-7-10-13-15/h3-7,9-10,12-14H,8,11H2,1-2H3,(H,17,18)/b4-3-,6-5-/t14-/m1/s1. The zero-order valence-electron chi connectivity index (χ0n) is 11.1. The van der Waals surface area contributed by atoms with Crippen molar-refractivity contribution in [2.75, 3.05) is 0 Å². The highest BCUT2D eigenvalue weighted by Gasteiger charge is 2.07. The Morgan fingerprint density at radius 1 is 1.28 bits per heavy atom. The Kier molecular flexibility index (Phi) is 6.55. The molecule has 2 nitrogen and oxygen atoms in total. The third-order valence-corrected chi connectivity index (χ3v) is 2.62. The van der Waals surface area contributed by atoms with Crippen LogP contribution in [0.1, 0.15) is 37.0 Å². The lowest BCUT2D eigenvalue weighted by Crippen LogP contribution is -2.32. The maximum absolute atomic E-state index is 11.8. The van der Waals surface area contributed by atoms with Gasteiger partial charge in [0, 0.05) is 11.6 Å². The van der Waals surface area contributed by atoms with Crippen molar-refractivity contribution in [3.8, 4) is 0 Å². The molecule has 1 amide bonds. The highest BCUT2D eigenvalue weighted by atomic mass is 16.1. The van der Waals surface area contributed by atoms with E-state index in [4.69, 9.17) is 0 Å². The molecule has 2 heteroatoms. The third kappa shape index (κ3) is 5.48. The fraction of sp³-hybridized carbons (Fsp3) is 0.312. The molecule has 0 saturated carbocycles. The largest absolute Gasteiger partial charge is 0.350 e. The van der Waals surface area contributed by atoms with Gasteiger partial charge in [-0.3, -0.25) is 4.79 Å². The van der Waals surface area contributed by atoms with E-state index in [0.717, 1.165) is 12.8 Å². The van der Waals surface area contributed by atoms with Gasteiger partial charge in [-0.2, -0.15) is 0 Å². The average Bonchev–Trinajstić information content (AvgIpc) is 2.39. The molecule has 1 aromatic rings. The van der Waals surface area contributed by atoms with Crippen LogP contribution >= 0.6 is 0 Å². The molecule has 18 heavy (non-hydrogen) atoms. The van der Waals surface area contributed by atoms with Crippen LogP contribution in [0.5, 0.6) is 0 Å². The van der Waals surface area contributed by atoms with Crippen LogP contribution in [0.4, 0.5) is 0 Å². The second-order valence-electron chi connectivity index (χ2n) is 4.27. The Morgan fingerprint density at radius 2 is 2.00 bits per heavy atom. The molecule has 0 unspecified atom stereocenters. The van der Waals surface area contributed by atoms with Crippen LogP contribution in [0.2, 0.25) is 0 Å². The molecule has 96 valence electrons. The van der Waals surface area contributed by atoms with Gasteiger partial charge in [0.2, 0.25) is 0 Å². The number of amides is 1. The lowest BCUT2D eigenvalue weighted by atomic mass is 10.1. The fourth-order valence-electron chi connectivity index (χ4n) is 1.60. The lowest BCUT2D eigenvalue weighted by molar-refractivity contribution is 0.0938. The lowest BCUT2D eigenvalue weighted by Gasteiger charge is -2.12. The summed E-state index contributed by atoms with van der Waals surface area (Å²) >= 11 is 0. The predicted octanol–water partition coefficient (Wildman–Crippen LogP) is 3.72. The van der Waals surface area contributed by atoms with Crippen LogP contribution in [-0.4, -0.2) is 11.9 Å². The van der Waals surface area contributed by atoms with Crippen LogP contribution in [0.15, 0.2) is 54.6 Å². The minimum atomic E-state index is 0.000494. The van der Waals surface area contributed by atoms with Gasteiger partial charge in [0.15, 0.2) is 0 Å². The molecule has 0 bridgehead atoms. The Balaban J connectivity index is 2.32. The topological polar surface area (TPSA) is 29.1 Å². The second-order valence-corrected chi connectivity index (χ2v) is 4.27. The third-order valence-electron chi connectivity index (χ3n) is 2.62. The molecule has 0 aliphatic rings. The average molecular weight is 243 g/mol. The first-order valence-electron chi connectivity index (χ1n) is 6.37. The highest BCUT2D eigenvalue weighted by molar-refractivity contribution is 5.94. The summed E-state index contributed by atoms with van der Waals surface area (Å²) in [5.41, 5.74) is 0.716. The van der Waals surface area contributed by atoms with E-state index in [0.29, 0.717) is 5.56 Å². The maximum atomic E-state index is 11.8. The van der Waals surface area contributed by atoms with Gasteiger partial charge in [0.1, 0.15) is 0 Å². The Morgan fingerprint density at radius 3 is 2.67 bits per heavy atom. The van der Waals surface area contributed by atoms with E-state index in [1.165, 1.54) is 0 Å². The van der Waals surface area contributed by atoms with E-state index in [1.807, 2.05) is 62.4 Å². The zero-order chi connectivity index (χ0) is 13.2. The quantitative estimate of drug-likeness (QED) is 0.758. The summed E-state index contributed by atoms with van der Waals surface area (Å²) in [5, 5.41) is 3.00. The summed E-state index contributed by atoms with van der Waals surface area (Å²) in [7, 11) is 0. The SMILES string of the molecule is C/C=C\C=C/CC[C@@H](C)NC(=O)c1ccccc1. The fourth-order valence-corrected chi connectivity index (χ4v) is 1.60. The van der Waals surface area contributed by atoms with Gasteiger partial charge in [-0.25, -0.2) is 0 Å². The van der Waals surface area contributed by atoms with Crippen molar-refractivity contribution in [1.29, 1.82) is 0 Å². The van der Waals surface area contributed by atoms with E-state index in [9.17, 15) is 4.79 Å². The number of allylic oxidation sites excluding steroid dienone is 4. The van der Waals surface area contributed by atoms with Gasteiger partial charge >= 0.3 is 0 Å². The maximum Gasteiger partial charge on any atom is 0.251 e. The van der Waals surface area contributed by atoms with Crippen molar-refractivity contribution in [1.82, 2.24) is 5.32 Å². The molecular weight excluding hydrogens is 222 g/mol. The summed E-state index contributed by atoms with van der Waals surface area (Å²) < 4.78 is 0. The van der Waals surface area contributed by atoms with E-state index in [2.05, 4.69) is 11.4 Å². The molecule has 0 fully saturated rings. The minimum absolute atomic E-state index is 0.000494. The van der Waals surface area contributed by atoms with Gasteiger partial charge in [0.25, 0.3) is 5.91 Å². The van der Waals surface area contributed by atoms with Gasteiger partial charge < -0.3 is 5.32 Å². The molecule has 0 aliphatic carbocycles. The second kappa shape index (κ2) is 8.29. The first-order chi connectivity index (χ1) is 8.74.